The van der Waals surface area contributed by atoms with Gasteiger partial charge in [-0.2, -0.15) is 0 Å². The molecule has 1 fully saturated rings. The molecule has 1 aliphatic rings. The second-order valence-electron chi connectivity index (χ2n) is 6.12. The molecule has 1 aliphatic heterocycles. The zero-order valence-corrected chi connectivity index (χ0v) is 16.9. The van der Waals surface area contributed by atoms with Crippen molar-refractivity contribution >= 4 is 24.0 Å². The molecule has 2 amide bonds. The fourth-order valence-corrected chi connectivity index (χ4v) is 2.74. The normalized spacial score (nSPS) is 13.9. The van der Waals surface area contributed by atoms with E-state index in [9.17, 15) is 14.4 Å². The minimum atomic E-state index is -0.638. The number of benzene rings is 1. The molecular formula is C20H26N2O7. The molecule has 2 rings (SSSR count). The van der Waals surface area contributed by atoms with Crippen LogP contribution in [-0.4, -0.2) is 81.4 Å². The quantitative estimate of drug-likeness (QED) is 0.501. The minimum Gasteiger partial charge on any atom is -0.497 e. The molecule has 1 heterocycles. The lowest BCUT2D eigenvalue weighted by atomic mass is 10.2. The van der Waals surface area contributed by atoms with E-state index in [-0.39, 0.29) is 18.6 Å². The highest BCUT2D eigenvalue weighted by Crippen LogP contribution is 2.25. The number of esters is 1. The third-order valence-electron chi connectivity index (χ3n) is 4.34. The van der Waals surface area contributed by atoms with E-state index in [1.165, 1.54) is 13.2 Å². The van der Waals surface area contributed by atoms with E-state index in [2.05, 4.69) is 0 Å². The number of ether oxygens (including phenoxy) is 4. The largest absolute Gasteiger partial charge is 0.497 e. The van der Waals surface area contributed by atoms with Gasteiger partial charge in [0.1, 0.15) is 11.5 Å². The van der Waals surface area contributed by atoms with Gasteiger partial charge in [0.15, 0.2) is 6.61 Å². The zero-order valence-electron chi connectivity index (χ0n) is 16.9. The van der Waals surface area contributed by atoms with E-state index in [0.29, 0.717) is 49.8 Å². The van der Waals surface area contributed by atoms with Crippen molar-refractivity contribution in [1.82, 2.24) is 9.80 Å². The molecule has 158 valence electrons. The molecule has 0 bridgehead atoms. The molecule has 29 heavy (non-hydrogen) atoms. The highest BCUT2D eigenvalue weighted by atomic mass is 16.6. The van der Waals surface area contributed by atoms with Crippen LogP contribution < -0.4 is 9.47 Å². The second-order valence-corrected chi connectivity index (χ2v) is 6.12. The number of piperazine rings is 1. The summed E-state index contributed by atoms with van der Waals surface area (Å²) in [6, 6.07) is 5.19. The molecule has 0 N–H and O–H groups in total. The highest BCUT2D eigenvalue weighted by Gasteiger charge is 2.25. The topological polar surface area (TPSA) is 94.6 Å². The molecule has 0 atom stereocenters. The van der Waals surface area contributed by atoms with Gasteiger partial charge in [0.2, 0.25) is 0 Å². The first-order valence-corrected chi connectivity index (χ1v) is 9.24. The zero-order chi connectivity index (χ0) is 21.2. The fourth-order valence-electron chi connectivity index (χ4n) is 2.74. The Morgan fingerprint density at radius 1 is 1.00 bits per heavy atom. The predicted molar refractivity (Wildman–Crippen MR) is 105 cm³/mol. The van der Waals surface area contributed by atoms with Gasteiger partial charge in [-0.25, -0.2) is 9.59 Å². The Kier molecular flexibility index (Phi) is 8.32. The number of rotatable bonds is 7. The highest BCUT2D eigenvalue weighted by molar-refractivity contribution is 5.89. The molecule has 0 unspecified atom stereocenters. The van der Waals surface area contributed by atoms with E-state index in [1.54, 1.807) is 48.1 Å². The molecule has 0 spiro atoms. The van der Waals surface area contributed by atoms with Crippen LogP contribution in [0, 0.1) is 0 Å². The van der Waals surface area contributed by atoms with Crippen LogP contribution in [0.4, 0.5) is 4.79 Å². The van der Waals surface area contributed by atoms with Gasteiger partial charge in [0.05, 0.1) is 20.8 Å². The third-order valence-corrected chi connectivity index (χ3v) is 4.34. The van der Waals surface area contributed by atoms with Gasteiger partial charge in [0.25, 0.3) is 5.91 Å². The van der Waals surface area contributed by atoms with E-state index in [4.69, 9.17) is 18.9 Å². The summed E-state index contributed by atoms with van der Waals surface area (Å²) in [5, 5.41) is 0. The number of hydrogen-bond donors (Lipinski definition) is 0. The Labute approximate surface area is 169 Å². The summed E-state index contributed by atoms with van der Waals surface area (Å²) in [5.74, 6) is 0.234. The summed E-state index contributed by atoms with van der Waals surface area (Å²) < 4.78 is 20.3. The van der Waals surface area contributed by atoms with Crippen LogP contribution in [0.3, 0.4) is 0 Å². The van der Waals surface area contributed by atoms with Gasteiger partial charge in [-0.3, -0.25) is 4.79 Å². The number of nitrogens with zero attached hydrogens (tertiary/aromatic N) is 2. The van der Waals surface area contributed by atoms with Crippen molar-refractivity contribution in [3.63, 3.8) is 0 Å². The molecule has 0 aromatic heterocycles. The summed E-state index contributed by atoms with van der Waals surface area (Å²) >= 11 is 0. The molecule has 1 saturated heterocycles. The van der Waals surface area contributed by atoms with Crippen molar-refractivity contribution in [3.8, 4) is 11.5 Å². The third kappa shape index (κ3) is 6.41. The molecule has 1 aromatic rings. The van der Waals surface area contributed by atoms with Crippen LogP contribution in [-0.2, 0) is 19.1 Å². The lowest BCUT2D eigenvalue weighted by Crippen LogP contribution is -2.51. The van der Waals surface area contributed by atoms with Crippen LogP contribution in [0.2, 0.25) is 0 Å². The lowest BCUT2D eigenvalue weighted by Gasteiger charge is -2.33. The number of carbonyl (C=O) groups is 3. The molecule has 9 heteroatoms. The smallest absolute Gasteiger partial charge is 0.409 e. The van der Waals surface area contributed by atoms with Gasteiger partial charge in [-0.05, 0) is 25.1 Å². The SMILES string of the molecule is CCOC(=O)N1CCN(C(=O)COC(=O)/C=C/c2ccc(OC)cc2OC)CC1. The van der Waals surface area contributed by atoms with Crippen LogP contribution in [0.25, 0.3) is 6.08 Å². The molecule has 0 saturated carbocycles. The first-order chi connectivity index (χ1) is 14.0. The van der Waals surface area contributed by atoms with Gasteiger partial charge < -0.3 is 28.7 Å². The van der Waals surface area contributed by atoms with Crippen molar-refractivity contribution in [2.45, 2.75) is 6.92 Å². The van der Waals surface area contributed by atoms with E-state index < -0.39 is 5.97 Å². The summed E-state index contributed by atoms with van der Waals surface area (Å²) in [6.45, 7) is 3.20. The molecule has 0 radical (unpaired) electrons. The Balaban J connectivity index is 1.80. The second kappa shape index (κ2) is 10.9. The van der Waals surface area contributed by atoms with Crippen LogP contribution in [0.5, 0.6) is 11.5 Å². The van der Waals surface area contributed by atoms with Crippen molar-refractivity contribution in [2.75, 3.05) is 53.6 Å². The minimum absolute atomic E-state index is 0.308. The monoisotopic (exact) mass is 406 g/mol. The standard InChI is InChI=1S/C20H26N2O7/c1-4-28-20(25)22-11-9-21(10-12-22)18(23)14-29-19(24)8-6-15-5-7-16(26-2)13-17(15)27-3/h5-8,13H,4,9-12,14H2,1-3H3/b8-6+. The lowest BCUT2D eigenvalue weighted by molar-refractivity contribution is -0.148. The van der Waals surface area contributed by atoms with Gasteiger partial charge >= 0.3 is 12.1 Å². The molecule has 0 aliphatic carbocycles. The molecular weight excluding hydrogens is 380 g/mol. The fraction of sp³-hybridized carbons (Fsp3) is 0.450. The summed E-state index contributed by atoms with van der Waals surface area (Å²) in [4.78, 5) is 38.9. The maximum Gasteiger partial charge on any atom is 0.409 e. The molecule has 9 nitrogen and oxygen atoms in total. The summed E-state index contributed by atoms with van der Waals surface area (Å²) in [7, 11) is 3.07. The summed E-state index contributed by atoms with van der Waals surface area (Å²) in [5.41, 5.74) is 0.673. The Morgan fingerprint density at radius 2 is 1.69 bits per heavy atom. The van der Waals surface area contributed by atoms with Crippen LogP contribution in [0.1, 0.15) is 12.5 Å². The van der Waals surface area contributed by atoms with Crippen molar-refractivity contribution in [1.29, 1.82) is 0 Å². The van der Waals surface area contributed by atoms with Gasteiger partial charge in [-0.15, -0.1) is 0 Å². The van der Waals surface area contributed by atoms with Crippen molar-refractivity contribution < 1.29 is 33.3 Å². The molecule has 1 aromatic carbocycles. The van der Waals surface area contributed by atoms with E-state index >= 15 is 0 Å². The van der Waals surface area contributed by atoms with Gasteiger partial charge in [0, 0.05) is 43.9 Å². The first kappa shape index (κ1) is 22.1. The Hall–Kier alpha value is -3.23. The number of carbonyl (C=O) groups excluding carboxylic acids is 3. The van der Waals surface area contributed by atoms with Crippen LogP contribution in [0.15, 0.2) is 24.3 Å². The number of methoxy groups -OCH3 is 2. The van der Waals surface area contributed by atoms with Gasteiger partial charge in [-0.1, -0.05) is 0 Å². The van der Waals surface area contributed by atoms with E-state index in [1.807, 2.05) is 0 Å². The number of hydrogen-bond acceptors (Lipinski definition) is 7. The number of amides is 2. The summed E-state index contributed by atoms with van der Waals surface area (Å²) in [6.07, 6.45) is 2.39. The Bertz CT molecular complexity index is 755. The average molecular weight is 406 g/mol. The average Bonchev–Trinajstić information content (AvgIpc) is 2.76. The predicted octanol–water partition coefficient (Wildman–Crippen LogP) is 1.56. The maximum absolute atomic E-state index is 12.2. The maximum atomic E-state index is 12.2. The van der Waals surface area contributed by atoms with E-state index in [0.717, 1.165) is 0 Å². The van der Waals surface area contributed by atoms with Crippen LogP contribution >= 0.6 is 0 Å². The van der Waals surface area contributed by atoms with Crippen molar-refractivity contribution in [3.05, 3.63) is 29.8 Å². The Morgan fingerprint density at radius 3 is 2.31 bits per heavy atom. The van der Waals surface area contributed by atoms with Crippen molar-refractivity contribution in [2.24, 2.45) is 0 Å². The first-order valence-electron chi connectivity index (χ1n) is 9.24.